The molecule has 0 N–H and O–H groups in total. The van der Waals surface area contributed by atoms with E-state index in [9.17, 15) is 18.8 Å². The normalized spacial score (nSPS) is 12.0. The molecule has 0 aliphatic heterocycles. The van der Waals surface area contributed by atoms with E-state index in [-0.39, 0.29) is 17.3 Å². The summed E-state index contributed by atoms with van der Waals surface area (Å²) in [6, 6.07) is 16.1. The number of halogens is 2. The minimum absolute atomic E-state index is 0.151. The molecule has 31 heavy (non-hydrogen) atoms. The maximum atomic E-state index is 14.9. The predicted octanol–water partition coefficient (Wildman–Crippen LogP) is 4.67. The molecule has 0 amide bonds. The molecule has 5 nitrogen and oxygen atoms in total. The smallest absolute Gasteiger partial charge is 0.279 e. The van der Waals surface area contributed by atoms with E-state index in [4.69, 9.17) is 0 Å². The van der Waals surface area contributed by atoms with Gasteiger partial charge in [-0.2, -0.15) is 9.78 Å². The molecular weight excluding hydrogens is 400 g/mol. The Morgan fingerprint density at radius 1 is 1.00 bits per heavy atom. The topological polar surface area (TPSA) is 61.0 Å². The second-order valence-corrected chi connectivity index (χ2v) is 7.41. The largest absolute Gasteiger partial charge is 0.624 e. The zero-order valence-electron chi connectivity index (χ0n) is 16.9. The van der Waals surface area contributed by atoms with Gasteiger partial charge in [0.1, 0.15) is 17.3 Å². The highest BCUT2D eigenvalue weighted by Gasteiger charge is 2.17. The molecule has 0 saturated carbocycles. The number of benzene rings is 3. The molecule has 4 aromatic rings. The summed E-state index contributed by atoms with van der Waals surface area (Å²) in [4.78, 5) is 13.0. The minimum atomic E-state index is -0.541. The van der Waals surface area contributed by atoms with Gasteiger partial charge in [0.2, 0.25) is 0 Å². The van der Waals surface area contributed by atoms with Gasteiger partial charge < -0.3 is 5.21 Å². The van der Waals surface area contributed by atoms with E-state index in [1.165, 1.54) is 48.7 Å². The van der Waals surface area contributed by atoms with Crippen LogP contribution in [0.15, 0.2) is 71.5 Å². The third-order valence-electron chi connectivity index (χ3n) is 4.91. The van der Waals surface area contributed by atoms with Crippen LogP contribution in [-0.4, -0.2) is 26.8 Å². The Morgan fingerprint density at radius 2 is 1.68 bits per heavy atom. The molecule has 0 atom stereocenters. The highest BCUT2D eigenvalue weighted by molar-refractivity contribution is 5.95. The summed E-state index contributed by atoms with van der Waals surface area (Å²) in [5.74, 6) is -0.986. The van der Waals surface area contributed by atoms with Crippen LogP contribution < -0.4 is 5.56 Å². The van der Waals surface area contributed by atoms with E-state index < -0.39 is 17.2 Å². The van der Waals surface area contributed by atoms with Crippen molar-refractivity contribution in [3.63, 3.8) is 0 Å². The Labute approximate surface area is 177 Å². The molecule has 3 aromatic carbocycles. The first-order valence-corrected chi connectivity index (χ1v) is 9.73. The summed E-state index contributed by atoms with van der Waals surface area (Å²) in [6.07, 6.45) is 1.38. The lowest BCUT2D eigenvalue weighted by Gasteiger charge is -2.13. The first-order chi connectivity index (χ1) is 14.8. The van der Waals surface area contributed by atoms with Crippen molar-refractivity contribution >= 4 is 17.0 Å². The van der Waals surface area contributed by atoms with Gasteiger partial charge in [-0.3, -0.25) is 4.79 Å². The summed E-state index contributed by atoms with van der Waals surface area (Å²) in [6.45, 7) is 3.50. The van der Waals surface area contributed by atoms with Crippen molar-refractivity contribution in [2.75, 3.05) is 0 Å². The molecule has 7 heteroatoms. The lowest BCUT2D eigenvalue weighted by atomic mass is 10.0. The molecule has 0 spiro atoms. The molecular formula is C24H19F2N3O2. The van der Waals surface area contributed by atoms with Gasteiger partial charge in [-0.25, -0.2) is 13.5 Å². The second kappa shape index (κ2) is 8.10. The van der Waals surface area contributed by atoms with Crippen LogP contribution in [0.5, 0.6) is 0 Å². The second-order valence-electron chi connectivity index (χ2n) is 7.41. The van der Waals surface area contributed by atoms with Crippen molar-refractivity contribution in [3.8, 4) is 16.9 Å². The zero-order chi connectivity index (χ0) is 22.1. The number of hydroxylamine groups is 1. The molecule has 0 bridgehead atoms. The fraction of sp³-hybridized carbons (Fsp3) is 0.125. The Hall–Kier alpha value is -3.87. The van der Waals surface area contributed by atoms with Crippen LogP contribution in [0.25, 0.3) is 27.7 Å². The summed E-state index contributed by atoms with van der Waals surface area (Å²) in [5, 5.41) is 17.3. The Morgan fingerprint density at radius 3 is 2.35 bits per heavy atom. The number of fused-ring (bicyclic) bond motifs is 1. The van der Waals surface area contributed by atoms with Gasteiger partial charge in [-0.05, 0) is 62.4 Å². The first kappa shape index (κ1) is 20.4. The lowest BCUT2D eigenvalue weighted by Crippen LogP contribution is -2.22. The van der Waals surface area contributed by atoms with Crippen molar-refractivity contribution in [1.82, 2.24) is 9.78 Å². The number of hydrogen-bond acceptors (Lipinski definition) is 3. The Bertz CT molecular complexity index is 1360. The highest BCUT2D eigenvalue weighted by Crippen LogP contribution is 2.28. The van der Waals surface area contributed by atoms with Crippen LogP contribution >= 0.6 is 0 Å². The van der Waals surface area contributed by atoms with Crippen molar-refractivity contribution in [2.24, 2.45) is 0 Å². The third kappa shape index (κ3) is 3.94. The van der Waals surface area contributed by atoms with Crippen molar-refractivity contribution in [2.45, 2.75) is 19.9 Å². The Kier molecular flexibility index (Phi) is 5.33. The van der Waals surface area contributed by atoms with Gasteiger partial charge in [0.05, 0.1) is 11.1 Å². The monoisotopic (exact) mass is 419 g/mol. The van der Waals surface area contributed by atoms with Crippen LogP contribution in [0.1, 0.15) is 19.4 Å². The predicted molar refractivity (Wildman–Crippen MR) is 117 cm³/mol. The van der Waals surface area contributed by atoms with Crippen molar-refractivity contribution in [1.29, 1.82) is 0 Å². The van der Waals surface area contributed by atoms with Gasteiger partial charge in [0, 0.05) is 16.5 Å². The van der Waals surface area contributed by atoms with E-state index >= 15 is 0 Å². The van der Waals surface area contributed by atoms with Gasteiger partial charge >= 0.3 is 0 Å². The zero-order valence-corrected chi connectivity index (χ0v) is 16.9. The van der Waals surface area contributed by atoms with E-state index in [0.29, 0.717) is 22.0 Å². The van der Waals surface area contributed by atoms with Crippen LogP contribution in [0.2, 0.25) is 0 Å². The molecule has 0 unspecified atom stereocenters. The summed E-state index contributed by atoms with van der Waals surface area (Å²) in [5.41, 5.74) is 0.851. The van der Waals surface area contributed by atoms with Gasteiger partial charge in [-0.1, -0.05) is 18.2 Å². The van der Waals surface area contributed by atoms with Gasteiger partial charge in [0.15, 0.2) is 12.3 Å². The highest BCUT2D eigenvalue weighted by atomic mass is 19.1. The standard InChI is InChI=1S/C24H19F2N3O2/c1-15(2)28(31)14-16-7-12-22(26)21(13-16)23-19-5-3-4-6-20(19)24(30)29(27-23)18-10-8-17(25)9-11-18/h3-15H,1-2H3/b28-14-. The lowest BCUT2D eigenvalue weighted by molar-refractivity contribution is -0.487. The quantitative estimate of drug-likeness (QED) is 0.209. The third-order valence-corrected chi connectivity index (χ3v) is 4.91. The van der Waals surface area contributed by atoms with Gasteiger partial charge in [0.25, 0.3) is 5.56 Å². The number of rotatable bonds is 4. The van der Waals surface area contributed by atoms with E-state index in [2.05, 4.69) is 5.10 Å². The molecule has 0 saturated heterocycles. The van der Waals surface area contributed by atoms with Crippen molar-refractivity contribution in [3.05, 3.63) is 99.5 Å². The SMILES string of the molecule is CC(C)/[N+]([O-])=C/c1ccc(F)c(-c2nn(-c3ccc(F)cc3)c(=O)c3ccccc23)c1. The molecule has 0 radical (unpaired) electrons. The molecule has 0 fully saturated rings. The number of nitrogens with zero attached hydrogens (tertiary/aromatic N) is 3. The average molecular weight is 419 g/mol. The molecule has 4 rings (SSSR count). The average Bonchev–Trinajstić information content (AvgIpc) is 2.76. The van der Waals surface area contributed by atoms with Gasteiger partial charge in [-0.15, -0.1) is 0 Å². The first-order valence-electron chi connectivity index (χ1n) is 9.73. The molecule has 1 aromatic heterocycles. The fourth-order valence-electron chi connectivity index (χ4n) is 3.25. The van der Waals surface area contributed by atoms with E-state index in [1.807, 2.05) is 0 Å². The van der Waals surface area contributed by atoms with Crippen LogP contribution in [-0.2, 0) is 0 Å². The molecule has 0 aliphatic rings. The van der Waals surface area contributed by atoms with E-state index in [1.54, 1.807) is 38.1 Å². The maximum Gasteiger partial charge on any atom is 0.279 e. The summed E-state index contributed by atoms with van der Waals surface area (Å²) < 4.78 is 30.2. The molecule has 1 heterocycles. The van der Waals surface area contributed by atoms with Crippen LogP contribution in [0.4, 0.5) is 8.78 Å². The van der Waals surface area contributed by atoms with Crippen LogP contribution in [0.3, 0.4) is 0 Å². The maximum absolute atomic E-state index is 14.9. The fourth-order valence-corrected chi connectivity index (χ4v) is 3.25. The minimum Gasteiger partial charge on any atom is -0.624 e. The molecule has 156 valence electrons. The summed E-state index contributed by atoms with van der Waals surface area (Å²) >= 11 is 0. The number of aromatic nitrogens is 2. The summed E-state index contributed by atoms with van der Waals surface area (Å²) in [7, 11) is 0. The van der Waals surface area contributed by atoms with E-state index in [0.717, 1.165) is 9.42 Å². The molecule has 0 aliphatic carbocycles. The van der Waals surface area contributed by atoms with Crippen LogP contribution in [0, 0.1) is 16.8 Å². The number of hydrogen-bond donors (Lipinski definition) is 0. The Balaban J connectivity index is 2.00. The van der Waals surface area contributed by atoms with Crippen molar-refractivity contribution < 1.29 is 13.5 Å².